The van der Waals surface area contributed by atoms with Gasteiger partial charge in [0.2, 0.25) is 0 Å². The van der Waals surface area contributed by atoms with Crippen LogP contribution in [0.4, 0.5) is 0 Å². The van der Waals surface area contributed by atoms with E-state index in [0.29, 0.717) is 5.41 Å². The minimum absolute atomic E-state index is 0.348. The summed E-state index contributed by atoms with van der Waals surface area (Å²) in [4.78, 5) is 0. The Morgan fingerprint density at radius 2 is 1.92 bits per heavy atom. The van der Waals surface area contributed by atoms with Gasteiger partial charge in [0.05, 0.1) is 6.61 Å². The van der Waals surface area contributed by atoms with Crippen LogP contribution in [0.3, 0.4) is 0 Å². The van der Waals surface area contributed by atoms with Crippen molar-refractivity contribution in [3.05, 3.63) is 0 Å². The van der Waals surface area contributed by atoms with Gasteiger partial charge in [-0.2, -0.15) is 0 Å². The van der Waals surface area contributed by atoms with Crippen molar-refractivity contribution < 1.29 is 4.74 Å². The Bertz CT molecular complexity index is 157. The first-order chi connectivity index (χ1) is 5.79. The van der Waals surface area contributed by atoms with E-state index in [4.69, 9.17) is 10.5 Å². The predicted octanol–water partition coefficient (Wildman–Crippen LogP) is 1.40. The molecule has 3 atom stereocenters. The highest BCUT2D eigenvalue weighted by atomic mass is 16.5. The van der Waals surface area contributed by atoms with E-state index in [1.807, 2.05) is 0 Å². The Hall–Kier alpha value is -0.0800. The Labute approximate surface area is 74.5 Å². The molecule has 0 bridgehead atoms. The van der Waals surface area contributed by atoms with Gasteiger partial charge in [-0.25, -0.2) is 0 Å². The zero-order valence-corrected chi connectivity index (χ0v) is 7.88. The average Bonchev–Trinajstić information content (AvgIpc) is 2.30. The fourth-order valence-corrected chi connectivity index (χ4v) is 3.02. The van der Waals surface area contributed by atoms with Crippen molar-refractivity contribution in [2.24, 2.45) is 23.0 Å². The monoisotopic (exact) mass is 169 g/mol. The summed E-state index contributed by atoms with van der Waals surface area (Å²) in [5.74, 6) is 1.98. The van der Waals surface area contributed by atoms with Crippen LogP contribution in [0.5, 0.6) is 0 Å². The molecule has 0 amide bonds. The van der Waals surface area contributed by atoms with Gasteiger partial charge in [-0.05, 0) is 37.5 Å². The molecule has 2 saturated carbocycles. The fourth-order valence-electron chi connectivity index (χ4n) is 3.02. The molecule has 0 aliphatic heterocycles. The first kappa shape index (κ1) is 8.52. The van der Waals surface area contributed by atoms with E-state index >= 15 is 0 Å². The van der Waals surface area contributed by atoms with Crippen LogP contribution in [-0.2, 0) is 4.74 Å². The molecule has 0 aromatic rings. The lowest BCUT2D eigenvalue weighted by atomic mass is 9.77. The van der Waals surface area contributed by atoms with Gasteiger partial charge in [-0.1, -0.05) is 0 Å². The Kier molecular flexibility index (Phi) is 2.13. The molecule has 2 heteroatoms. The minimum atomic E-state index is 0.348. The van der Waals surface area contributed by atoms with Gasteiger partial charge in [0.1, 0.15) is 0 Å². The third-order valence-corrected chi connectivity index (χ3v) is 3.85. The summed E-state index contributed by atoms with van der Waals surface area (Å²) in [6.45, 7) is 1.68. The summed E-state index contributed by atoms with van der Waals surface area (Å²) in [5.41, 5.74) is 6.17. The highest BCUT2D eigenvalue weighted by Crippen LogP contribution is 2.54. The van der Waals surface area contributed by atoms with E-state index < -0.39 is 0 Å². The van der Waals surface area contributed by atoms with Gasteiger partial charge in [-0.15, -0.1) is 0 Å². The Morgan fingerprint density at radius 1 is 1.33 bits per heavy atom. The quantitative estimate of drug-likeness (QED) is 0.693. The molecule has 0 saturated heterocycles. The molecule has 0 radical (unpaired) electrons. The smallest absolute Gasteiger partial charge is 0.0530 e. The maximum atomic E-state index is 5.83. The Balaban J connectivity index is 1.99. The van der Waals surface area contributed by atoms with Crippen LogP contribution < -0.4 is 5.73 Å². The number of nitrogens with two attached hydrogens (primary N) is 1. The van der Waals surface area contributed by atoms with Crippen molar-refractivity contribution >= 4 is 0 Å². The van der Waals surface area contributed by atoms with E-state index in [-0.39, 0.29) is 0 Å². The number of fused-ring (bicyclic) bond motifs is 1. The van der Waals surface area contributed by atoms with Crippen molar-refractivity contribution in [3.63, 3.8) is 0 Å². The molecule has 2 rings (SSSR count). The highest BCUT2D eigenvalue weighted by Gasteiger charge is 2.48. The third-order valence-electron chi connectivity index (χ3n) is 3.85. The maximum Gasteiger partial charge on any atom is 0.0530 e. The van der Waals surface area contributed by atoms with Crippen molar-refractivity contribution in [1.29, 1.82) is 0 Å². The lowest BCUT2D eigenvalue weighted by Crippen LogP contribution is -2.32. The van der Waals surface area contributed by atoms with E-state index in [1.54, 1.807) is 7.11 Å². The average molecular weight is 169 g/mol. The lowest BCUT2D eigenvalue weighted by molar-refractivity contribution is 0.0864. The molecule has 2 nitrogen and oxygen atoms in total. The number of hydrogen-bond donors (Lipinski definition) is 1. The van der Waals surface area contributed by atoms with Crippen molar-refractivity contribution in [1.82, 2.24) is 0 Å². The second-order valence-electron chi connectivity index (χ2n) is 4.64. The summed E-state index contributed by atoms with van der Waals surface area (Å²) in [5, 5.41) is 0. The highest BCUT2D eigenvalue weighted by molar-refractivity contribution is 4.99. The fraction of sp³-hybridized carbons (Fsp3) is 1.00. The molecule has 1 unspecified atom stereocenters. The topological polar surface area (TPSA) is 35.2 Å². The molecular weight excluding hydrogens is 150 g/mol. The van der Waals surface area contributed by atoms with Gasteiger partial charge in [0.15, 0.2) is 0 Å². The molecule has 0 aromatic heterocycles. The summed E-state index contributed by atoms with van der Waals surface area (Å²) >= 11 is 0. The molecule has 0 aromatic carbocycles. The first-order valence-electron chi connectivity index (χ1n) is 4.99. The van der Waals surface area contributed by atoms with Crippen LogP contribution in [0.25, 0.3) is 0 Å². The van der Waals surface area contributed by atoms with Crippen LogP contribution >= 0.6 is 0 Å². The van der Waals surface area contributed by atoms with E-state index in [0.717, 1.165) is 25.0 Å². The summed E-state index contributed by atoms with van der Waals surface area (Å²) in [7, 11) is 1.79. The standard InChI is InChI=1S/C10H19NO/c1-12-7-10(6-11)4-8-2-3-9(8)5-10/h8-9H,2-7,11H2,1H3/t8-,9+,10?. The molecule has 2 fully saturated rings. The minimum Gasteiger partial charge on any atom is -0.384 e. The van der Waals surface area contributed by atoms with E-state index in [9.17, 15) is 0 Å². The van der Waals surface area contributed by atoms with Crippen LogP contribution in [-0.4, -0.2) is 20.3 Å². The van der Waals surface area contributed by atoms with Gasteiger partial charge in [0.25, 0.3) is 0 Å². The van der Waals surface area contributed by atoms with Gasteiger partial charge >= 0.3 is 0 Å². The molecule has 12 heavy (non-hydrogen) atoms. The van der Waals surface area contributed by atoms with Crippen LogP contribution in [0.15, 0.2) is 0 Å². The Morgan fingerprint density at radius 3 is 2.25 bits per heavy atom. The lowest BCUT2D eigenvalue weighted by Gasteiger charge is -2.29. The maximum absolute atomic E-state index is 5.83. The van der Waals surface area contributed by atoms with Crippen LogP contribution in [0.1, 0.15) is 25.7 Å². The zero-order valence-electron chi connectivity index (χ0n) is 7.88. The van der Waals surface area contributed by atoms with Gasteiger partial charge in [0, 0.05) is 19.1 Å². The van der Waals surface area contributed by atoms with Gasteiger partial charge in [-0.3, -0.25) is 0 Å². The number of methoxy groups -OCH3 is 1. The summed E-state index contributed by atoms with van der Waals surface area (Å²) in [6.07, 6.45) is 5.52. The number of ether oxygens (including phenoxy) is 1. The SMILES string of the molecule is COCC1(CN)C[C@H]2CC[C@H]2C1. The summed E-state index contributed by atoms with van der Waals surface area (Å²) < 4.78 is 5.26. The molecule has 0 spiro atoms. The van der Waals surface area contributed by atoms with Crippen molar-refractivity contribution in [2.45, 2.75) is 25.7 Å². The number of hydrogen-bond acceptors (Lipinski definition) is 2. The number of rotatable bonds is 3. The first-order valence-corrected chi connectivity index (χ1v) is 4.99. The second-order valence-corrected chi connectivity index (χ2v) is 4.64. The predicted molar refractivity (Wildman–Crippen MR) is 48.8 cm³/mol. The van der Waals surface area contributed by atoms with Crippen molar-refractivity contribution in [2.75, 3.05) is 20.3 Å². The normalized spacial score (nSPS) is 45.5. The molecular formula is C10H19NO. The molecule has 2 N–H and O–H groups in total. The van der Waals surface area contributed by atoms with E-state index in [1.165, 1.54) is 25.7 Å². The molecule has 2 aliphatic rings. The van der Waals surface area contributed by atoms with Gasteiger partial charge < -0.3 is 10.5 Å². The van der Waals surface area contributed by atoms with Crippen LogP contribution in [0.2, 0.25) is 0 Å². The summed E-state index contributed by atoms with van der Waals surface area (Å²) in [6, 6.07) is 0. The molecule has 0 heterocycles. The molecule has 2 aliphatic carbocycles. The van der Waals surface area contributed by atoms with Crippen LogP contribution in [0, 0.1) is 17.3 Å². The van der Waals surface area contributed by atoms with E-state index in [2.05, 4.69) is 0 Å². The second kappa shape index (κ2) is 3.00. The largest absolute Gasteiger partial charge is 0.384 e. The zero-order chi connectivity index (χ0) is 8.60. The third kappa shape index (κ3) is 1.17. The molecule has 70 valence electrons. The van der Waals surface area contributed by atoms with Crippen molar-refractivity contribution in [3.8, 4) is 0 Å².